The van der Waals surface area contributed by atoms with Crippen LogP contribution in [0.3, 0.4) is 0 Å². The van der Waals surface area contributed by atoms with Crippen LogP contribution >= 0.6 is 11.9 Å². The molecule has 3 rings (SSSR count). The fourth-order valence-corrected chi connectivity index (χ4v) is 3.14. The Morgan fingerprint density at radius 3 is 2.33 bits per heavy atom. The summed E-state index contributed by atoms with van der Waals surface area (Å²) in [5.74, 6) is 0. The molecule has 0 saturated carbocycles. The lowest BCUT2D eigenvalue weighted by Gasteiger charge is -2.16. The molecule has 0 amide bonds. The van der Waals surface area contributed by atoms with Gasteiger partial charge in [-0.3, -0.25) is 4.72 Å². The second kappa shape index (κ2) is 6.76. The van der Waals surface area contributed by atoms with Crippen LogP contribution in [-0.4, -0.2) is 6.54 Å². The van der Waals surface area contributed by atoms with Crippen molar-refractivity contribution in [2.24, 2.45) is 5.73 Å². The highest BCUT2D eigenvalue weighted by Crippen LogP contribution is 2.24. The van der Waals surface area contributed by atoms with E-state index in [2.05, 4.69) is 59.3 Å². The number of nitrogens with two attached hydrogens (primary N) is 1. The summed E-state index contributed by atoms with van der Waals surface area (Å²) in [6.07, 6.45) is 0. The van der Waals surface area contributed by atoms with Gasteiger partial charge in [-0.2, -0.15) is 0 Å². The summed E-state index contributed by atoms with van der Waals surface area (Å²) in [6, 6.07) is 25.3. The molecule has 1 atom stereocenters. The molecule has 0 heterocycles. The summed E-state index contributed by atoms with van der Waals surface area (Å²) < 4.78 is 3.46. The van der Waals surface area contributed by atoms with Gasteiger partial charge in [0.15, 0.2) is 0 Å². The predicted molar refractivity (Wildman–Crippen MR) is 91.2 cm³/mol. The third-order valence-electron chi connectivity index (χ3n) is 3.48. The summed E-state index contributed by atoms with van der Waals surface area (Å²) in [6.45, 7) is 0.574. The molecule has 0 fully saturated rings. The van der Waals surface area contributed by atoms with Gasteiger partial charge in [0.2, 0.25) is 0 Å². The van der Waals surface area contributed by atoms with E-state index < -0.39 is 0 Å². The van der Waals surface area contributed by atoms with Gasteiger partial charge in [-0.05, 0) is 40.4 Å². The van der Waals surface area contributed by atoms with Crippen molar-refractivity contribution in [2.75, 3.05) is 6.54 Å². The van der Waals surface area contributed by atoms with E-state index in [-0.39, 0.29) is 6.04 Å². The number of hydrogen-bond acceptors (Lipinski definition) is 3. The zero-order chi connectivity index (χ0) is 14.5. The van der Waals surface area contributed by atoms with Crippen LogP contribution in [0.25, 0.3) is 10.8 Å². The van der Waals surface area contributed by atoms with E-state index in [1.807, 2.05) is 18.2 Å². The van der Waals surface area contributed by atoms with Crippen LogP contribution < -0.4 is 10.5 Å². The third-order valence-corrected chi connectivity index (χ3v) is 4.37. The Hall–Kier alpha value is -1.81. The molecule has 0 aliphatic carbocycles. The maximum Gasteiger partial charge on any atom is 0.0547 e. The highest BCUT2D eigenvalue weighted by molar-refractivity contribution is 7.97. The molecule has 106 valence electrons. The van der Waals surface area contributed by atoms with Crippen molar-refractivity contribution >= 4 is 22.7 Å². The molecule has 0 radical (unpaired) electrons. The first-order valence-corrected chi connectivity index (χ1v) is 7.84. The fraction of sp³-hybridized carbons (Fsp3) is 0.111. The van der Waals surface area contributed by atoms with Crippen LogP contribution in [0, 0.1) is 0 Å². The lowest BCUT2D eigenvalue weighted by atomic mass is 10.1. The first kappa shape index (κ1) is 14.1. The largest absolute Gasteiger partial charge is 0.329 e. The molecule has 0 spiro atoms. The molecule has 0 bridgehead atoms. The molecule has 3 aromatic carbocycles. The molecule has 0 aliphatic rings. The Bertz CT molecular complexity index is 712. The summed E-state index contributed by atoms with van der Waals surface area (Å²) in [5.41, 5.74) is 7.10. The zero-order valence-corrected chi connectivity index (χ0v) is 12.5. The van der Waals surface area contributed by atoms with Crippen molar-refractivity contribution in [3.05, 3.63) is 78.4 Å². The maximum absolute atomic E-state index is 5.88. The lowest BCUT2D eigenvalue weighted by Crippen LogP contribution is -2.23. The van der Waals surface area contributed by atoms with Crippen molar-refractivity contribution in [3.63, 3.8) is 0 Å². The molecule has 0 aromatic heterocycles. The summed E-state index contributed by atoms with van der Waals surface area (Å²) in [7, 11) is 0. The highest BCUT2D eigenvalue weighted by Gasteiger charge is 2.09. The van der Waals surface area contributed by atoms with Gasteiger partial charge in [-0.25, -0.2) is 0 Å². The monoisotopic (exact) mass is 294 g/mol. The van der Waals surface area contributed by atoms with Gasteiger partial charge in [0, 0.05) is 11.4 Å². The Morgan fingerprint density at radius 2 is 1.57 bits per heavy atom. The van der Waals surface area contributed by atoms with Gasteiger partial charge in [0.25, 0.3) is 0 Å². The van der Waals surface area contributed by atoms with E-state index in [0.717, 1.165) is 0 Å². The van der Waals surface area contributed by atoms with Gasteiger partial charge in [0.1, 0.15) is 0 Å². The van der Waals surface area contributed by atoms with Crippen molar-refractivity contribution in [2.45, 2.75) is 10.9 Å². The average molecular weight is 294 g/mol. The third kappa shape index (κ3) is 3.45. The Labute approximate surface area is 129 Å². The maximum atomic E-state index is 5.88. The molecule has 3 N–H and O–H groups in total. The van der Waals surface area contributed by atoms with Gasteiger partial charge in [0.05, 0.1) is 6.04 Å². The minimum absolute atomic E-state index is 0.155. The van der Waals surface area contributed by atoms with Gasteiger partial charge in [-0.1, -0.05) is 60.7 Å². The van der Waals surface area contributed by atoms with E-state index in [1.165, 1.54) is 21.2 Å². The van der Waals surface area contributed by atoms with E-state index in [0.29, 0.717) is 6.54 Å². The summed E-state index contributed by atoms with van der Waals surface area (Å²) in [5, 5.41) is 2.52. The number of nitrogens with one attached hydrogen (secondary N) is 1. The minimum atomic E-state index is 0.155. The molecule has 3 heteroatoms. The summed E-state index contributed by atoms with van der Waals surface area (Å²) in [4.78, 5) is 1.20. The second-order valence-corrected chi connectivity index (χ2v) is 5.84. The smallest absolute Gasteiger partial charge is 0.0547 e. The SMILES string of the molecule is NCC(NSc1ccc2ccccc2c1)c1ccccc1. The standard InChI is InChI=1S/C18H18N2S/c19-13-18(15-7-2-1-3-8-15)20-21-17-11-10-14-6-4-5-9-16(14)12-17/h1-12,18,20H,13,19H2. The number of benzene rings is 3. The van der Waals surface area contributed by atoms with E-state index in [4.69, 9.17) is 5.73 Å². The molecular weight excluding hydrogens is 276 g/mol. The molecule has 3 aromatic rings. The lowest BCUT2D eigenvalue weighted by molar-refractivity contribution is 0.687. The molecule has 0 aliphatic heterocycles. The minimum Gasteiger partial charge on any atom is -0.329 e. The Kier molecular flexibility index (Phi) is 4.55. The van der Waals surface area contributed by atoms with Crippen LogP contribution in [-0.2, 0) is 0 Å². The molecular formula is C18H18N2S. The van der Waals surface area contributed by atoms with Crippen LogP contribution in [0.4, 0.5) is 0 Å². The first-order valence-electron chi connectivity index (χ1n) is 7.03. The molecule has 21 heavy (non-hydrogen) atoms. The van der Waals surface area contributed by atoms with Crippen LogP contribution in [0.2, 0.25) is 0 Å². The number of fused-ring (bicyclic) bond motifs is 1. The fourth-order valence-electron chi connectivity index (χ4n) is 2.31. The van der Waals surface area contributed by atoms with Crippen LogP contribution in [0.15, 0.2) is 77.7 Å². The Balaban J connectivity index is 1.73. The van der Waals surface area contributed by atoms with Crippen molar-refractivity contribution in [1.82, 2.24) is 4.72 Å². The van der Waals surface area contributed by atoms with Crippen LogP contribution in [0.5, 0.6) is 0 Å². The predicted octanol–water partition coefficient (Wildman–Crippen LogP) is 4.14. The normalized spacial score (nSPS) is 12.4. The molecule has 2 nitrogen and oxygen atoms in total. The number of hydrogen-bond donors (Lipinski definition) is 2. The Morgan fingerprint density at radius 1 is 0.857 bits per heavy atom. The number of rotatable bonds is 5. The van der Waals surface area contributed by atoms with Gasteiger partial charge >= 0.3 is 0 Å². The van der Waals surface area contributed by atoms with Gasteiger partial charge < -0.3 is 5.73 Å². The van der Waals surface area contributed by atoms with Crippen molar-refractivity contribution in [1.29, 1.82) is 0 Å². The topological polar surface area (TPSA) is 38.0 Å². The highest BCUT2D eigenvalue weighted by atomic mass is 32.2. The second-order valence-electron chi connectivity index (χ2n) is 4.93. The van der Waals surface area contributed by atoms with Crippen molar-refractivity contribution < 1.29 is 0 Å². The average Bonchev–Trinajstić information content (AvgIpc) is 2.56. The first-order chi connectivity index (χ1) is 10.4. The summed E-state index contributed by atoms with van der Waals surface area (Å²) >= 11 is 1.63. The molecule has 0 saturated heterocycles. The van der Waals surface area contributed by atoms with E-state index in [1.54, 1.807) is 11.9 Å². The van der Waals surface area contributed by atoms with E-state index in [9.17, 15) is 0 Å². The van der Waals surface area contributed by atoms with Crippen LogP contribution in [0.1, 0.15) is 11.6 Å². The quantitative estimate of drug-likeness (QED) is 0.695. The van der Waals surface area contributed by atoms with E-state index >= 15 is 0 Å². The van der Waals surface area contributed by atoms with Gasteiger partial charge in [-0.15, -0.1) is 0 Å². The molecule has 1 unspecified atom stereocenters. The zero-order valence-electron chi connectivity index (χ0n) is 11.7. The van der Waals surface area contributed by atoms with Crippen molar-refractivity contribution in [3.8, 4) is 0 Å².